The molecule has 2 N–H and O–H groups in total. The highest BCUT2D eigenvalue weighted by atomic mass is 127. The molecule has 1 fully saturated rings. The van der Waals surface area contributed by atoms with Crippen LogP contribution in [-0.2, 0) is 4.79 Å². The molecule has 0 aliphatic carbocycles. The number of rotatable bonds is 2. The van der Waals surface area contributed by atoms with Crippen LogP contribution in [0.1, 0.15) is 6.42 Å². The maximum Gasteiger partial charge on any atom is 0.240 e. The summed E-state index contributed by atoms with van der Waals surface area (Å²) in [6, 6.07) is 3.06. The molecule has 6 heteroatoms. The summed E-state index contributed by atoms with van der Waals surface area (Å²) >= 11 is 2.14. The molecule has 2 heterocycles. The summed E-state index contributed by atoms with van der Waals surface area (Å²) < 4.78 is 14.3. The van der Waals surface area contributed by atoms with E-state index in [0.29, 0.717) is 5.82 Å². The molecule has 1 amide bonds. The SMILES string of the molecule is NC(=O)[C@@H]1C[C@@H](F)CN1c1ccc(I)cn1. The van der Waals surface area contributed by atoms with E-state index in [1.165, 1.54) is 0 Å². The predicted octanol–water partition coefficient (Wildman–Crippen LogP) is 1.09. The molecule has 1 aromatic rings. The van der Waals surface area contributed by atoms with Crippen LogP contribution in [-0.4, -0.2) is 29.6 Å². The van der Waals surface area contributed by atoms with Gasteiger partial charge in [-0.15, -0.1) is 0 Å². The highest BCUT2D eigenvalue weighted by Gasteiger charge is 2.36. The molecule has 0 bridgehead atoms. The molecule has 0 aromatic carbocycles. The van der Waals surface area contributed by atoms with Crippen molar-refractivity contribution in [2.75, 3.05) is 11.4 Å². The zero-order valence-electron chi connectivity index (χ0n) is 8.44. The van der Waals surface area contributed by atoms with Crippen LogP contribution in [0, 0.1) is 3.57 Å². The monoisotopic (exact) mass is 335 g/mol. The third kappa shape index (κ3) is 2.26. The lowest BCUT2D eigenvalue weighted by Crippen LogP contribution is -2.40. The van der Waals surface area contributed by atoms with Gasteiger partial charge in [0.1, 0.15) is 18.0 Å². The number of hydrogen-bond donors (Lipinski definition) is 1. The second-order valence-electron chi connectivity index (χ2n) is 3.74. The highest BCUT2D eigenvalue weighted by molar-refractivity contribution is 14.1. The van der Waals surface area contributed by atoms with Crippen LogP contribution >= 0.6 is 22.6 Å². The molecule has 1 aliphatic heterocycles. The Balaban J connectivity index is 2.25. The number of pyridine rings is 1. The number of alkyl halides is 1. The topological polar surface area (TPSA) is 59.2 Å². The fourth-order valence-corrected chi connectivity index (χ4v) is 2.16. The minimum atomic E-state index is -1.02. The van der Waals surface area contributed by atoms with Gasteiger partial charge in [-0.3, -0.25) is 4.79 Å². The van der Waals surface area contributed by atoms with Crippen LogP contribution in [0.4, 0.5) is 10.2 Å². The number of anilines is 1. The number of carbonyl (C=O) groups is 1. The van der Waals surface area contributed by atoms with Crippen LogP contribution in [0.5, 0.6) is 0 Å². The maximum atomic E-state index is 13.3. The van der Waals surface area contributed by atoms with E-state index in [0.717, 1.165) is 3.57 Å². The third-order valence-corrected chi connectivity index (χ3v) is 3.22. The number of aromatic nitrogens is 1. The molecule has 86 valence electrons. The van der Waals surface area contributed by atoms with Gasteiger partial charge in [0, 0.05) is 16.2 Å². The first kappa shape index (κ1) is 11.6. The summed E-state index contributed by atoms with van der Waals surface area (Å²) in [5.41, 5.74) is 5.24. The Morgan fingerprint density at radius 3 is 2.94 bits per heavy atom. The first-order chi connectivity index (χ1) is 7.58. The Morgan fingerprint density at radius 1 is 1.62 bits per heavy atom. The lowest BCUT2D eigenvalue weighted by molar-refractivity contribution is -0.119. The van der Waals surface area contributed by atoms with Crippen LogP contribution in [0.15, 0.2) is 18.3 Å². The Labute approximate surface area is 106 Å². The van der Waals surface area contributed by atoms with Crippen LogP contribution in [0.3, 0.4) is 0 Å². The van der Waals surface area contributed by atoms with Gasteiger partial charge in [-0.2, -0.15) is 0 Å². The summed E-state index contributed by atoms with van der Waals surface area (Å²) in [5.74, 6) is 0.102. The third-order valence-electron chi connectivity index (χ3n) is 2.58. The predicted molar refractivity (Wildman–Crippen MR) is 66.8 cm³/mol. The van der Waals surface area contributed by atoms with Crippen molar-refractivity contribution >= 4 is 34.3 Å². The van der Waals surface area contributed by atoms with Gasteiger partial charge in [0.05, 0.1) is 6.54 Å². The highest BCUT2D eigenvalue weighted by Crippen LogP contribution is 2.25. The largest absolute Gasteiger partial charge is 0.368 e. The van der Waals surface area contributed by atoms with Crippen molar-refractivity contribution in [1.82, 2.24) is 4.98 Å². The van der Waals surface area contributed by atoms with Crippen LogP contribution in [0.2, 0.25) is 0 Å². The minimum absolute atomic E-state index is 0.156. The molecule has 0 spiro atoms. The van der Waals surface area contributed by atoms with Gasteiger partial charge >= 0.3 is 0 Å². The van der Waals surface area contributed by atoms with E-state index in [4.69, 9.17) is 5.73 Å². The molecule has 1 saturated heterocycles. The smallest absolute Gasteiger partial charge is 0.240 e. The summed E-state index contributed by atoms with van der Waals surface area (Å²) in [5, 5.41) is 0. The zero-order valence-corrected chi connectivity index (χ0v) is 10.6. The number of primary amides is 1. The molecule has 0 unspecified atom stereocenters. The maximum absolute atomic E-state index is 13.3. The van der Waals surface area contributed by atoms with Crippen LogP contribution < -0.4 is 10.6 Å². The Hall–Kier alpha value is -0.920. The summed E-state index contributed by atoms with van der Waals surface area (Å²) in [6.07, 6.45) is 0.821. The quantitative estimate of drug-likeness (QED) is 0.823. The minimum Gasteiger partial charge on any atom is -0.368 e. The molecule has 16 heavy (non-hydrogen) atoms. The van der Waals surface area contributed by atoms with E-state index < -0.39 is 18.1 Å². The lowest BCUT2D eigenvalue weighted by atomic mass is 10.2. The van der Waals surface area contributed by atoms with Crippen molar-refractivity contribution in [2.45, 2.75) is 18.6 Å². The van der Waals surface area contributed by atoms with Gasteiger partial charge in [0.15, 0.2) is 0 Å². The molecule has 2 atom stereocenters. The number of halogens is 2. The molecule has 2 rings (SSSR count). The van der Waals surface area contributed by atoms with Gasteiger partial charge in [0.2, 0.25) is 5.91 Å². The summed E-state index contributed by atoms with van der Waals surface area (Å²) in [6.45, 7) is 0.182. The van der Waals surface area contributed by atoms with Gasteiger partial charge in [-0.05, 0) is 34.7 Å². The normalized spacial score (nSPS) is 24.8. The van der Waals surface area contributed by atoms with Gasteiger partial charge in [0.25, 0.3) is 0 Å². The van der Waals surface area contributed by atoms with Gasteiger partial charge < -0.3 is 10.6 Å². The Morgan fingerprint density at radius 2 is 2.38 bits per heavy atom. The van der Waals surface area contributed by atoms with E-state index in [2.05, 4.69) is 27.6 Å². The van der Waals surface area contributed by atoms with E-state index >= 15 is 0 Å². The Kier molecular flexibility index (Phi) is 3.27. The number of nitrogens with zero attached hydrogens (tertiary/aromatic N) is 2. The van der Waals surface area contributed by atoms with Crippen molar-refractivity contribution in [3.05, 3.63) is 21.9 Å². The number of hydrogen-bond acceptors (Lipinski definition) is 3. The zero-order chi connectivity index (χ0) is 11.7. The first-order valence-electron chi connectivity index (χ1n) is 4.89. The average Bonchev–Trinajstić information content (AvgIpc) is 2.61. The van der Waals surface area contributed by atoms with E-state index in [1.807, 2.05) is 6.07 Å². The first-order valence-corrected chi connectivity index (χ1v) is 5.97. The summed E-state index contributed by atoms with van der Waals surface area (Å²) in [4.78, 5) is 17.0. The van der Waals surface area contributed by atoms with E-state index in [-0.39, 0.29) is 13.0 Å². The number of carbonyl (C=O) groups excluding carboxylic acids is 1. The van der Waals surface area contributed by atoms with Crippen LogP contribution in [0.25, 0.3) is 0 Å². The molecule has 0 radical (unpaired) electrons. The van der Waals surface area contributed by atoms with Crippen molar-refractivity contribution in [1.29, 1.82) is 0 Å². The van der Waals surface area contributed by atoms with E-state index in [1.54, 1.807) is 17.2 Å². The fraction of sp³-hybridized carbons (Fsp3) is 0.400. The second-order valence-corrected chi connectivity index (χ2v) is 4.98. The van der Waals surface area contributed by atoms with E-state index in [9.17, 15) is 9.18 Å². The molecular formula is C10H11FIN3O. The average molecular weight is 335 g/mol. The number of amides is 1. The standard InChI is InChI=1S/C10H11FIN3O/c11-6-3-8(10(13)16)15(5-6)9-2-1-7(12)4-14-9/h1-2,4,6,8H,3,5H2,(H2,13,16)/t6-,8+/m1/s1. The van der Waals surface area contributed by atoms with Crippen molar-refractivity contribution in [3.8, 4) is 0 Å². The molecule has 1 aliphatic rings. The van der Waals surface area contributed by atoms with Gasteiger partial charge in [-0.1, -0.05) is 0 Å². The molecule has 1 aromatic heterocycles. The lowest BCUT2D eigenvalue weighted by Gasteiger charge is -2.22. The molecular weight excluding hydrogens is 324 g/mol. The van der Waals surface area contributed by atoms with Crippen molar-refractivity contribution in [2.24, 2.45) is 5.73 Å². The number of nitrogens with two attached hydrogens (primary N) is 1. The Bertz CT molecular complexity index is 398. The summed E-state index contributed by atoms with van der Waals surface area (Å²) in [7, 11) is 0. The molecule has 0 saturated carbocycles. The van der Waals surface area contributed by atoms with Crippen molar-refractivity contribution < 1.29 is 9.18 Å². The molecule has 4 nitrogen and oxygen atoms in total. The second kappa shape index (κ2) is 4.52. The van der Waals surface area contributed by atoms with Crippen molar-refractivity contribution in [3.63, 3.8) is 0 Å². The van der Waals surface area contributed by atoms with Gasteiger partial charge in [-0.25, -0.2) is 9.37 Å². The fourth-order valence-electron chi connectivity index (χ4n) is 1.85.